The second kappa shape index (κ2) is 7.25. The van der Waals surface area contributed by atoms with Crippen LogP contribution in [0.25, 0.3) is 10.2 Å². The van der Waals surface area contributed by atoms with E-state index in [2.05, 4.69) is 21.9 Å². The molecular formula is C19H20N4OS2. The first-order valence-corrected chi connectivity index (χ1v) is 10.5. The van der Waals surface area contributed by atoms with Crippen molar-refractivity contribution in [3.05, 3.63) is 57.0 Å². The molecule has 1 aromatic carbocycles. The molecule has 0 saturated heterocycles. The Bertz CT molecular complexity index is 1020. The molecular weight excluding hydrogens is 364 g/mol. The highest BCUT2D eigenvalue weighted by Crippen LogP contribution is 2.35. The number of para-hydroxylation sites is 1. The highest BCUT2D eigenvalue weighted by molar-refractivity contribution is 8.13. The molecule has 7 heteroatoms. The molecule has 3 N–H and O–H groups in total. The molecule has 0 unspecified atom stereocenters. The third-order valence-corrected chi connectivity index (χ3v) is 6.52. The number of benzene rings is 1. The highest BCUT2D eigenvalue weighted by Gasteiger charge is 2.23. The number of nitrogens with one attached hydrogen (secondary N) is 1. The van der Waals surface area contributed by atoms with Gasteiger partial charge >= 0.3 is 0 Å². The topological polar surface area (TPSA) is 84.1 Å². The molecule has 134 valence electrons. The smallest absolute Gasteiger partial charge is 0.259 e. The van der Waals surface area contributed by atoms with Crippen LogP contribution in [0.15, 0.2) is 40.1 Å². The van der Waals surface area contributed by atoms with Gasteiger partial charge in [-0.1, -0.05) is 36.9 Å². The average molecular weight is 385 g/mol. The summed E-state index contributed by atoms with van der Waals surface area (Å²) in [7, 11) is 0. The number of aromatic amines is 1. The molecule has 0 bridgehead atoms. The van der Waals surface area contributed by atoms with Gasteiger partial charge in [0.15, 0.2) is 5.17 Å². The van der Waals surface area contributed by atoms with E-state index in [-0.39, 0.29) is 5.56 Å². The van der Waals surface area contributed by atoms with Crippen LogP contribution in [0.3, 0.4) is 0 Å². The Morgan fingerprint density at radius 1 is 1.42 bits per heavy atom. The van der Waals surface area contributed by atoms with E-state index in [1.54, 1.807) is 11.3 Å². The Morgan fingerprint density at radius 3 is 3.04 bits per heavy atom. The van der Waals surface area contributed by atoms with Crippen molar-refractivity contribution in [2.75, 3.05) is 0 Å². The summed E-state index contributed by atoms with van der Waals surface area (Å²) >= 11 is 3.04. The molecule has 3 aromatic rings. The number of thioether (sulfide) groups is 1. The number of H-pyrrole nitrogens is 1. The van der Waals surface area contributed by atoms with Crippen LogP contribution in [0, 0.1) is 5.92 Å². The van der Waals surface area contributed by atoms with E-state index in [1.165, 1.54) is 22.2 Å². The van der Waals surface area contributed by atoms with Gasteiger partial charge in [0.2, 0.25) is 0 Å². The molecule has 1 atom stereocenters. The molecule has 2 aromatic heterocycles. The van der Waals surface area contributed by atoms with Gasteiger partial charge in [0.05, 0.1) is 16.8 Å². The molecule has 2 heterocycles. The number of aromatic nitrogens is 2. The molecule has 4 rings (SSSR count). The van der Waals surface area contributed by atoms with Crippen molar-refractivity contribution in [2.45, 2.75) is 31.9 Å². The standard InChI is InChI=1S/C19H20N4OS2/c1-11-7-8-13-14(9-11)26-18-16(13)17(24)22-15(23-18)10-25-19(20)21-12-5-3-2-4-6-12/h2-6,11H,7-10H2,1H3,(H2,20,21)(H,22,23,24)/t11-/m0/s1. The Morgan fingerprint density at radius 2 is 2.23 bits per heavy atom. The van der Waals surface area contributed by atoms with Crippen molar-refractivity contribution in [1.82, 2.24) is 9.97 Å². The van der Waals surface area contributed by atoms with Gasteiger partial charge in [0.25, 0.3) is 5.56 Å². The Hall–Kier alpha value is -2.12. The third kappa shape index (κ3) is 3.54. The molecule has 1 aliphatic rings. The summed E-state index contributed by atoms with van der Waals surface area (Å²) in [5, 5.41) is 1.25. The lowest BCUT2D eigenvalue weighted by Crippen LogP contribution is -2.15. The number of fused-ring (bicyclic) bond motifs is 3. The number of thiophene rings is 1. The van der Waals surface area contributed by atoms with Crippen molar-refractivity contribution in [1.29, 1.82) is 0 Å². The van der Waals surface area contributed by atoms with E-state index in [0.717, 1.165) is 35.2 Å². The van der Waals surface area contributed by atoms with Crippen LogP contribution < -0.4 is 11.3 Å². The summed E-state index contributed by atoms with van der Waals surface area (Å²) in [6.07, 6.45) is 3.17. The van der Waals surface area contributed by atoms with Crippen LogP contribution in [-0.2, 0) is 18.6 Å². The Balaban J connectivity index is 1.56. The van der Waals surface area contributed by atoms with Gasteiger partial charge in [-0.25, -0.2) is 9.98 Å². The first kappa shape index (κ1) is 17.3. The van der Waals surface area contributed by atoms with Crippen molar-refractivity contribution in [2.24, 2.45) is 16.6 Å². The van der Waals surface area contributed by atoms with Gasteiger partial charge < -0.3 is 10.7 Å². The molecule has 0 radical (unpaired) electrons. The number of aliphatic imine (C=N–C) groups is 1. The van der Waals surface area contributed by atoms with E-state index in [4.69, 9.17) is 5.73 Å². The number of nitrogens with two attached hydrogens (primary N) is 1. The van der Waals surface area contributed by atoms with Gasteiger partial charge in [-0.15, -0.1) is 11.3 Å². The number of hydrogen-bond acceptors (Lipinski definition) is 5. The summed E-state index contributed by atoms with van der Waals surface area (Å²) in [5.41, 5.74) is 7.99. The maximum absolute atomic E-state index is 12.6. The van der Waals surface area contributed by atoms with Gasteiger partial charge in [0.1, 0.15) is 10.7 Å². The van der Waals surface area contributed by atoms with Crippen molar-refractivity contribution >= 4 is 44.2 Å². The lowest BCUT2D eigenvalue weighted by molar-refractivity contribution is 0.509. The minimum atomic E-state index is -0.0313. The third-order valence-electron chi connectivity index (χ3n) is 4.57. The van der Waals surface area contributed by atoms with E-state index in [0.29, 0.717) is 22.7 Å². The SMILES string of the molecule is C[C@H]1CCc2c(sc3nc(CSC(N)=Nc4ccccc4)[nH]c(=O)c23)C1. The summed E-state index contributed by atoms with van der Waals surface area (Å²) in [4.78, 5) is 26.7. The summed E-state index contributed by atoms with van der Waals surface area (Å²) < 4.78 is 0. The lowest BCUT2D eigenvalue weighted by Gasteiger charge is -2.17. The maximum Gasteiger partial charge on any atom is 0.259 e. The molecule has 0 saturated carbocycles. The second-order valence-corrected chi connectivity index (χ2v) is 8.70. The second-order valence-electron chi connectivity index (χ2n) is 6.62. The van der Waals surface area contributed by atoms with E-state index in [1.807, 2.05) is 30.3 Å². The van der Waals surface area contributed by atoms with E-state index < -0.39 is 0 Å². The van der Waals surface area contributed by atoms with Crippen LogP contribution in [0.1, 0.15) is 29.6 Å². The van der Waals surface area contributed by atoms with Crippen LogP contribution in [0.5, 0.6) is 0 Å². The summed E-state index contributed by atoms with van der Waals surface area (Å²) in [6.45, 7) is 2.27. The van der Waals surface area contributed by atoms with Crippen molar-refractivity contribution in [3.8, 4) is 0 Å². The van der Waals surface area contributed by atoms with Crippen molar-refractivity contribution < 1.29 is 0 Å². The largest absolute Gasteiger partial charge is 0.378 e. The van der Waals surface area contributed by atoms with E-state index in [9.17, 15) is 4.79 Å². The quantitative estimate of drug-likeness (QED) is 0.528. The molecule has 0 aliphatic heterocycles. The number of rotatable bonds is 3. The molecule has 0 fully saturated rings. The number of nitrogens with zero attached hydrogens (tertiary/aromatic N) is 2. The number of amidine groups is 1. The fraction of sp³-hybridized carbons (Fsp3) is 0.316. The average Bonchev–Trinajstić information content (AvgIpc) is 2.98. The number of aryl methyl sites for hydroxylation is 1. The van der Waals surface area contributed by atoms with Crippen LogP contribution in [-0.4, -0.2) is 15.1 Å². The first-order valence-electron chi connectivity index (χ1n) is 8.65. The molecule has 26 heavy (non-hydrogen) atoms. The molecule has 1 aliphatic carbocycles. The van der Waals surface area contributed by atoms with Crippen LogP contribution in [0.4, 0.5) is 5.69 Å². The molecule has 0 amide bonds. The fourth-order valence-corrected chi connectivity index (χ4v) is 5.26. The lowest BCUT2D eigenvalue weighted by atomic mass is 9.89. The summed E-state index contributed by atoms with van der Waals surface area (Å²) in [5.74, 6) is 1.82. The minimum absolute atomic E-state index is 0.0313. The zero-order valence-electron chi connectivity index (χ0n) is 14.5. The monoisotopic (exact) mass is 384 g/mol. The highest BCUT2D eigenvalue weighted by atomic mass is 32.2. The van der Waals surface area contributed by atoms with E-state index >= 15 is 0 Å². The van der Waals surface area contributed by atoms with Gasteiger partial charge in [0, 0.05) is 4.88 Å². The zero-order chi connectivity index (χ0) is 18.1. The fourth-order valence-electron chi connectivity index (χ4n) is 3.27. The van der Waals surface area contributed by atoms with Crippen molar-refractivity contribution in [3.63, 3.8) is 0 Å². The van der Waals surface area contributed by atoms with Gasteiger partial charge in [-0.05, 0) is 42.9 Å². The zero-order valence-corrected chi connectivity index (χ0v) is 16.1. The molecule has 0 spiro atoms. The molecule has 5 nitrogen and oxygen atoms in total. The van der Waals surface area contributed by atoms with Crippen LogP contribution in [0.2, 0.25) is 0 Å². The first-order chi connectivity index (χ1) is 12.6. The Labute approximate surface area is 159 Å². The van der Waals surface area contributed by atoms with Gasteiger partial charge in [-0.2, -0.15) is 0 Å². The normalized spacial score (nSPS) is 17.4. The predicted octanol–water partition coefficient (Wildman–Crippen LogP) is 3.99. The van der Waals surface area contributed by atoms with Gasteiger partial charge in [-0.3, -0.25) is 4.79 Å². The predicted molar refractivity (Wildman–Crippen MR) is 110 cm³/mol. The maximum atomic E-state index is 12.6. The van der Waals surface area contributed by atoms with Crippen LogP contribution >= 0.6 is 23.1 Å². The number of hydrogen-bond donors (Lipinski definition) is 2. The Kier molecular flexibility index (Phi) is 4.82. The summed E-state index contributed by atoms with van der Waals surface area (Å²) in [6, 6.07) is 9.58. The minimum Gasteiger partial charge on any atom is -0.378 e.